The number of pyridine rings is 1. The molecular formula is C15H20N2O3. The SMILES string of the molecule is COc1cc(N2C3CCC2CC(CC(=O)O)C3)ccn1. The number of nitrogens with zero attached hydrogens (tertiary/aromatic N) is 2. The molecule has 20 heavy (non-hydrogen) atoms. The molecule has 2 aliphatic heterocycles. The van der Waals surface area contributed by atoms with Crippen LogP contribution in [0.25, 0.3) is 0 Å². The van der Waals surface area contributed by atoms with Crippen molar-refractivity contribution in [1.82, 2.24) is 4.98 Å². The number of aromatic nitrogens is 1. The first-order chi connectivity index (χ1) is 9.67. The van der Waals surface area contributed by atoms with E-state index in [1.54, 1.807) is 13.3 Å². The molecule has 1 aromatic heterocycles. The second kappa shape index (κ2) is 5.31. The van der Waals surface area contributed by atoms with E-state index in [4.69, 9.17) is 9.84 Å². The van der Waals surface area contributed by atoms with E-state index in [1.165, 1.54) is 0 Å². The fourth-order valence-electron chi connectivity index (χ4n) is 3.80. The fourth-order valence-corrected chi connectivity index (χ4v) is 3.80. The fraction of sp³-hybridized carbons (Fsp3) is 0.600. The molecule has 1 N–H and O–H groups in total. The van der Waals surface area contributed by atoms with Gasteiger partial charge in [0.15, 0.2) is 0 Å². The first-order valence-electron chi connectivity index (χ1n) is 7.17. The van der Waals surface area contributed by atoms with Crippen LogP contribution in [0.15, 0.2) is 18.3 Å². The van der Waals surface area contributed by atoms with Gasteiger partial charge in [-0.2, -0.15) is 0 Å². The highest BCUT2D eigenvalue weighted by Gasteiger charge is 2.41. The molecule has 2 unspecified atom stereocenters. The van der Waals surface area contributed by atoms with Gasteiger partial charge in [0.25, 0.3) is 0 Å². The standard InChI is InChI=1S/C15H20N2O3/c1-20-14-9-13(4-5-16-14)17-11-2-3-12(17)7-10(6-11)8-15(18)19/h4-5,9-12H,2-3,6-8H2,1H3,(H,18,19). The number of piperidine rings is 1. The lowest BCUT2D eigenvalue weighted by Crippen LogP contribution is -2.43. The number of rotatable bonds is 4. The molecule has 0 aromatic carbocycles. The Morgan fingerprint density at radius 3 is 2.75 bits per heavy atom. The van der Waals surface area contributed by atoms with Crippen LogP contribution >= 0.6 is 0 Å². The largest absolute Gasteiger partial charge is 0.481 e. The third kappa shape index (κ3) is 2.44. The monoisotopic (exact) mass is 276 g/mol. The molecule has 0 aliphatic carbocycles. The van der Waals surface area contributed by atoms with Gasteiger partial charge < -0.3 is 14.7 Å². The van der Waals surface area contributed by atoms with Gasteiger partial charge in [-0.1, -0.05) is 0 Å². The summed E-state index contributed by atoms with van der Waals surface area (Å²) in [5.41, 5.74) is 1.15. The number of anilines is 1. The zero-order valence-electron chi connectivity index (χ0n) is 11.7. The third-order valence-electron chi connectivity index (χ3n) is 4.52. The van der Waals surface area contributed by atoms with Gasteiger partial charge in [-0.05, 0) is 37.7 Å². The van der Waals surface area contributed by atoms with Crippen LogP contribution in [-0.2, 0) is 4.79 Å². The van der Waals surface area contributed by atoms with Crippen LogP contribution in [0.3, 0.4) is 0 Å². The highest BCUT2D eigenvalue weighted by molar-refractivity contribution is 5.67. The lowest BCUT2D eigenvalue weighted by Gasteiger charge is -2.40. The highest BCUT2D eigenvalue weighted by atomic mass is 16.5. The molecule has 2 fully saturated rings. The molecule has 0 amide bonds. The van der Waals surface area contributed by atoms with Crippen LogP contribution in [0.1, 0.15) is 32.1 Å². The molecule has 3 rings (SSSR count). The van der Waals surface area contributed by atoms with Crippen molar-refractivity contribution in [3.05, 3.63) is 18.3 Å². The first-order valence-corrected chi connectivity index (χ1v) is 7.17. The summed E-state index contributed by atoms with van der Waals surface area (Å²) < 4.78 is 5.19. The van der Waals surface area contributed by atoms with Crippen molar-refractivity contribution < 1.29 is 14.6 Å². The van der Waals surface area contributed by atoms with Gasteiger partial charge in [0, 0.05) is 36.5 Å². The van der Waals surface area contributed by atoms with Gasteiger partial charge in [0.1, 0.15) is 0 Å². The maximum Gasteiger partial charge on any atom is 0.303 e. The molecule has 5 heteroatoms. The maximum absolute atomic E-state index is 10.9. The smallest absolute Gasteiger partial charge is 0.303 e. The lowest BCUT2D eigenvalue weighted by molar-refractivity contribution is -0.138. The van der Waals surface area contributed by atoms with E-state index in [0.717, 1.165) is 31.4 Å². The number of hydrogen-bond acceptors (Lipinski definition) is 4. The predicted molar refractivity (Wildman–Crippen MR) is 75.1 cm³/mol. The van der Waals surface area contributed by atoms with Crippen molar-refractivity contribution in [1.29, 1.82) is 0 Å². The molecule has 0 radical (unpaired) electrons. The molecule has 2 aliphatic rings. The quantitative estimate of drug-likeness (QED) is 0.914. The number of methoxy groups -OCH3 is 1. The first kappa shape index (κ1) is 13.2. The number of aliphatic carboxylic acids is 1. The molecule has 108 valence electrons. The van der Waals surface area contributed by atoms with Crippen LogP contribution in [0.5, 0.6) is 5.88 Å². The Kier molecular flexibility index (Phi) is 3.51. The lowest BCUT2D eigenvalue weighted by atomic mass is 9.88. The minimum absolute atomic E-state index is 0.306. The molecule has 3 heterocycles. The van der Waals surface area contributed by atoms with Gasteiger partial charge in [0.05, 0.1) is 7.11 Å². The summed E-state index contributed by atoms with van der Waals surface area (Å²) >= 11 is 0. The number of carboxylic acid groups (broad SMARTS) is 1. The van der Waals surface area contributed by atoms with E-state index in [0.29, 0.717) is 30.3 Å². The van der Waals surface area contributed by atoms with Crippen molar-refractivity contribution in [2.24, 2.45) is 5.92 Å². The van der Waals surface area contributed by atoms with Crippen molar-refractivity contribution >= 4 is 11.7 Å². The molecule has 2 bridgehead atoms. The average molecular weight is 276 g/mol. The molecule has 2 saturated heterocycles. The van der Waals surface area contributed by atoms with Crippen LogP contribution in [0, 0.1) is 5.92 Å². The summed E-state index contributed by atoms with van der Waals surface area (Å²) in [5.74, 6) is 0.285. The van der Waals surface area contributed by atoms with Crippen LogP contribution < -0.4 is 9.64 Å². The Bertz CT molecular complexity index is 492. The number of carbonyl (C=O) groups is 1. The number of fused-ring (bicyclic) bond motifs is 2. The van der Waals surface area contributed by atoms with Crippen molar-refractivity contribution in [2.45, 2.75) is 44.2 Å². The summed E-state index contributed by atoms with van der Waals surface area (Å²) in [6.07, 6.45) is 6.36. The van der Waals surface area contributed by atoms with Crippen LogP contribution in [-0.4, -0.2) is 35.3 Å². The summed E-state index contributed by atoms with van der Waals surface area (Å²) in [6, 6.07) is 4.92. The summed E-state index contributed by atoms with van der Waals surface area (Å²) in [5, 5.41) is 8.97. The van der Waals surface area contributed by atoms with E-state index >= 15 is 0 Å². The molecule has 0 spiro atoms. The van der Waals surface area contributed by atoms with Gasteiger partial charge in [-0.15, -0.1) is 0 Å². The zero-order chi connectivity index (χ0) is 14.1. The predicted octanol–water partition coefficient (Wildman–Crippen LogP) is 2.31. The number of ether oxygens (including phenoxy) is 1. The van der Waals surface area contributed by atoms with Crippen LogP contribution in [0.2, 0.25) is 0 Å². The average Bonchev–Trinajstić information content (AvgIpc) is 2.70. The Hall–Kier alpha value is -1.78. The van der Waals surface area contributed by atoms with E-state index < -0.39 is 5.97 Å². The van der Waals surface area contributed by atoms with Crippen LogP contribution in [0.4, 0.5) is 5.69 Å². The van der Waals surface area contributed by atoms with E-state index in [1.807, 2.05) is 12.1 Å². The molecule has 2 atom stereocenters. The van der Waals surface area contributed by atoms with Crippen molar-refractivity contribution in [3.8, 4) is 5.88 Å². The Balaban J connectivity index is 1.78. The van der Waals surface area contributed by atoms with Gasteiger partial charge in [-0.3, -0.25) is 4.79 Å². The summed E-state index contributed by atoms with van der Waals surface area (Å²) in [7, 11) is 1.62. The van der Waals surface area contributed by atoms with Crippen molar-refractivity contribution in [2.75, 3.05) is 12.0 Å². The number of carboxylic acids is 1. The Morgan fingerprint density at radius 1 is 1.45 bits per heavy atom. The summed E-state index contributed by atoms with van der Waals surface area (Å²) in [4.78, 5) is 17.5. The van der Waals surface area contributed by atoms with Gasteiger partial charge in [0.2, 0.25) is 5.88 Å². The maximum atomic E-state index is 10.9. The van der Waals surface area contributed by atoms with E-state index in [-0.39, 0.29) is 0 Å². The van der Waals surface area contributed by atoms with Gasteiger partial charge >= 0.3 is 5.97 Å². The second-order valence-corrected chi connectivity index (χ2v) is 5.78. The Labute approximate surface area is 118 Å². The second-order valence-electron chi connectivity index (χ2n) is 5.78. The van der Waals surface area contributed by atoms with E-state index in [2.05, 4.69) is 9.88 Å². The molecule has 1 aromatic rings. The topological polar surface area (TPSA) is 62.7 Å². The highest BCUT2D eigenvalue weighted by Crippen LogP contribution is 2.42. The van der Waals surface area contributed by atoms with Crippen molar-refractivity contribution in [3.63, 3.8) is 0 Å². The molecule has 0 saturated carbocycles. The Morgan fingerprint density at radius 2 is 2.15 bits per heavy atom. The third-order valence-corrected chi connectivity index (χ3v) is 4.52. The molecule has 5 nitrogen and oxygen atoms in total. The number of hydrogen-bond donors (Lipinski definition) is 1. The minimum Gasteiger partial charge on any atom is -0.481 e. The normalized spacial score (nSPS) is 28.4. The molecular weight excluding hydrogens is 256 g/mol. The van der Waals surface area contributed by atoms with E-state index in [9.17, 15) is 4.79 Å². The summed E-state index contributed by atoms with van der Waals surface area (Å²) in [6.45, 7) is 0. The zero-order valence-corrected chi connectivity index (χ0v) is 11.7. The minimum atomic E-state index is -0.673. The van der Waals surface area contributed by atoms with Gasteiger partial charge in [-0.25, -0.2) is 4.98 Å².